The Morgan fingerprint density at radius 2 is 1.50 bits per heavy atom. The van der Waals surface area contributed by atoms with Crippen molar-refractivity contribution in [2.24, 2.45) is 0 Å². The molecule has 0 aliphatic carbocycles. The Morgan fingerprint density at radius 1 is 0.850 bits per heavy atom. The Labute approximate surface area is 123 Å². The van der Waals surface area contributed by atoms with Crippen LogP contribution in [0.1, 0.15) is 48.9 Å². The van der Waals surface area contributed by atoms with E-state index in [2.05, 4.69) is 74.6 Å². The summed E-state index contributed by atoms with van der Waals surface area (Å²) >= 11 is 0. The molecule has 0 aromatic heterocycles. The van der Waals surface area contributed by atoms with Crippen LogP contribution in [0, 0.1) is 0 Å². The normalized spacial score (nSPS) is 11.0. The van der Waals surface area contributed by atoms with Gasteiger partial charge < -0.3 is 5.32 Å². The summed E-state index contributed by atoms with van der Waals surface area (Å²) < 4.78 is 0. The van der Waals surface area contributed by atoms with E-state index in [1.54, 1.807) is 0 Å². The predicted molar refractivity (Wildman–Crippen MR) is 86.9 cm³/mol. The summed E-state index contributed by atoms with van der Waals surface area (Å²) in [5, 5.41) is 3.54. The molecule has 2 aromatic carbocycles. The lowest BCUT2D eigenvalue weighted by Crippen LogP contribution is -2.13. The molecule has 0 spiro atoms. The summed E-state index contributed by atoms with van der Waals surface area (Å²) in [6.45, 7) is 8.54. The zero-order valence-electron chi connectivity index (χ0n) is 12.8. The lowest BCUT2D eigenvalue weighted by Gasteiger charge is -2.10. The smallest absolute Gasteiger partial charge is 0.0211 e. The van der Waals surface area contributed by atoms with Gasteiger partial charge >= 0.3 is 0 Å². The first-order valence-electron chi connectivity index (χ1n) is 7.57. The van der Waals surface area contributed by atoms with Crippen LogP contribution in [0.2, 0.25) is 0 Å². The summed E-state index contributed by atoms with van der Waals surface area (Å²) in [6, 6.07) is 17.6. The maximum Gasteiger partial charge on any atom is 0.0211 e. The molecule has 1 heteroatoms. The minimum absolute atomic E-state index is 0.605. The fourth-order valence-electron chi connectivity index (χ4n) is 2.44. The van der Waals surface area contributed by atoms with Crippen LogP contribution in [-0.4, -0.2) is 0 Å². The second-order valence-electron chi connectivity index (χ2n) is 5.62. The van der Waals surface area contributed by atoms with Crippen molar-refractivity contribution in [3.8, 4) is 0 Å². The Kier molecular flexibility index (Phi) is 5.37. The van der Waals surface area contributed by atoms with Gasteiger partial charge in [0.1, 0.15) is 0 Å². The number of nitrogens with one attached hydrogen (secondary N) is 1. The molecule has 1 N–H and O–H groups in total. The molecular weight excluding hydrogens is 242 g/mol. The SMILES string of the molecule is CCc1ccccc1CNCc1ccc(C(C)C)cc1. The van der Waals surface area contributed by atoms with Crippen molar-refractivity contribution < 1.29 is 0 Å². The molecule has 2 aromatic rings. The Hall–Kier alpha value is -1.60. The van der Waals surface area contributed by atoms with Crippen molar-refractivity contribution in [1.82, 2.24) is 5.32 Å². The molecule has 1 nitrogen and oxygen atoms in total. The Balaban J connectivity index is 1.89. The van der Waals surface area contributed by atoms with Crippen molar-refractivity contribution in [2.75, 3.05) is 0 Å². The molecule has 0 saturated heterocycles. The van der Waals surface area contributed by atoms with Gasteiger partial charge in [-0.2, -0.15) is 0 Å². The largest absolute Gasteiger partial charge is 0.309 e. The van der Waals surface area contributed by atoms with E-state index in [0.29, 0.717) is 5.92 Å². The first-order valence-corrected chi connectivity index (χ1v) is 7.57. The monoisotopic (exact) mass is 267 g/mol. The number of rotatable bonds is 6. The first-order chi connectivity index (χ1) is 9.70. The zero-order chi connectivity index (χ0) is 14.4. The predicted octanol–water partition coefficient (Wildman–Crippen LogP) is 4.66. The first kappa shape index (κ1) is 14.8. The van der Waals surface area contributed by atoms with Gasteiger partial charge in [-0.05, 0) is 34.6 Å². The molecule has 0 aliphatic rings. The molecule has 0 saturated carbocycles. The average Bonchev–Trinajstić information content (AvgIpc) is 2.48. The fourth-order valence-corrected chi connectivity index (χ4v) is 2.44. The van der Waals surface area contributed by atoms with E-state index in [4.69, 9.17) is 0 Å². The highest BCUT2D eigenvalue weighted by Crippen LogP contribution is 2.15. The van der Waals surface area contributed by atoms with Crippen LogP contribution in [-0.2, 0) is 19.5 Å². The van der Waals surface area contributed by atoms with Crippen molar-refractivity contribution in [3.05, 3.63) is 70.8 Å². The molecule has 0 aliphatic heterocycles. The van der Waals surface area contributed by atoms with Crippen LogP contribution in [0.25, 0.3) is 0 Å². The van der Waals surface area contributed by atoms with Gasteiger partial charge in [0.05, 0.1) is 0 Å². The van der Waals surface area contributed by atoms with Gasteiger partial charge in [0, 0.05) is 13.1 Å². The van der Waals surface area contributed by atoms with Crippen LogP contribution in [0.3, 0.4) is 0 Å². The number of hydrogen-bond donors (Lipinski definition) is 1. The maximum atomic E-state index is 3.54. The van der Waals surface area contributed by atoms with Crippen LogP contribution in [0.5, 0.6) is 0 Å². The number of hydrogen-bond acceptors (Lipinski definition) is 1. The van der Waals surface area contributed by atoms with E-state index in [1.165, 1.54) is 22.3 Å². The molecular formula is C19H25N. The molecule has 2 rings (SSSR count). The quantitative estimate of drug-likeness (QED) is 0.802. The van der Waals surface area contributed by atoms with Gasteiger partial charge in [0.2, 0.25) is 0 Å². The molecule has 0 radical (unpaired) electrons. The minimum Gasteiger partial charge on any atom is -0.309 e. The summed E-state index contributed by atoms with van der Waals surface area (Å²) in [6.07, 6.45) is 1.10. The van der Waals surface area contributed by atoms with Gasteiger partial charge in [-0.25, -0.2) is 0 Å². The van der Waals surface area contributed by atoms with Crippen LogP contribution in [0.4, 0.5) is 0 Å². The molecule has 0 bridgehead atoms. The number of benzene rings is 2. The molecule has 20 heavy (non-hydrogen) atoms. The van der Waals surface area contributed by atoms with E-state index in [0.717, 1.165) is 19.5 Å². The summed E-state index contributed by atoms with van der Waals surface area (Å²) in [7, 11) is 0. The highest BCUT2D eigenvalue weighted by atomic mass is 14.8. The number of aryl methyl sites for hydroxylation is 1. The summed E-state index contributed by atoms with van der Waals surface area (Å²) in [5.41, 5.74) is 5.61. The fraction of sp³-hybridized carbons (Fsp3) is 0.368. The van der Waals surface area contributed by atoms with Crippen molar-refractivity contribution >= 4 is 0 Å². The van der Waals surface area contributed by atoms with E-state index in [9.17, 15) is 0 Å². The van der Waals surface area contributed by atoms with Crippen LogP contribution in [0.15, 0.2) is 48.5 Å². The van der Waals surface area contributed by atoms with Gasteiger partial charge in [0.15, 0.2) is 0 Å². The van der Waals surface area contributed by atoms with E-state index in [1.807, 2.05) is 0 Å². The van der Waals surface area contributed by atoms with Gasteiger partial charge in [-0.3, -0.25) is 0 Å². The third kappa shape index (κ3) is 3.94. The van der Waals surface area contributed by atoms with E-state index >= 15 is 0 Å². The molecule has 106 valence electrons. The maximum absolute atomic E-state index is 3.54. The topological polar surface area (TPSA) is 12.0 Å². The van der Waals surface area contributed by atoms with Crippen LogP contribution < -0.4 is 5.32 Å². The van der Waals surface area contributed by atoms with Crippen LogP contribution >= 0.6 is 0 Å². The summed E-state index contributed by atoms with van der Waals surface area (Å²) in [4.78, 5) is 0. The van der Waals surface area contributed by atoms with E-state index in [-0.39, 0.29) is 0 Å². The lowest BCUT2D eigenvalue weighted by atomic mass is 10.0. The van der Waals surface area contributed by atoms with Crippen molar-refractivity contribution in [1.29, 1.82) is 0 Å². The molecule has 0 unspecified atom stereocenters. The third-order valence-electron chi connectivity index (χ3n) is 3.79. The molecule has 0 heterocycles. The minimum atomic E-state index is 0.605. The lowest BCUT2D eigenvalue weighted by molar-refractivity contribution is 0.688. The highest BCUT2D eigenvalue weighted by molar-refractivity contribution is 5.27. The van der Waals surface area contributed by atoms with Crippen molar-refractivity contribution in [3.63, 3.8) is 0 Å². The third-order valence-corrected chi connectivity index (χ3v) is 3.79. The molecule has 0 fully saturated rings. The van der Waals surface area contributed by atoms with Crippen molar-refractivity contribution in [2.45, 2.75) is 46.2 Å². The Bertz CT molecular complexity index is 526. The highest BCUT2D eigenvalue weighted by Gasteiger charge is 2.01. The van der Waals surface area contributed by atoms with Gasteiger partial charge in [0.25, 0.3) is 0 Å². The van der Waals surface area contributed by atoms with Gasteiger partial charge in [-0.15, -0.1) is 0 Å². The second kappa shape index (κ2) is 7.25. The Morgan fingerprint density at radius 3 is 2.10 bits per heavy atom. The summed E-state index contributed by atoms with van der Waals surface area (Å²) in [5.74, 6) is 0.605. The molecule has 0 atom stereocenters. The standard InChI is InChI=1S/C19H25N/c1-4-17-7-5-6-8-19(17)14-20-13-16-9-11-18(12-10-16)15(2)3/h5-12,15,20H,4,13-14H2,1-3H3. The average molecular weight is 267 g/mol. The van der Waals surface area contributed by atoms with Gasteiger partial charge in [-0.1, -0.05) is 69.3 Å². The van der Waals surface area contributed by atoms with E-state index < -0.39 is 0 Å². The second-order valence-corrected chi connectivity index (χ2v) is 5.62. The zero-order valence-corrected chi connectivity index (χ0v) is 12.8. The molecule has 0 amide bonds.